The van der Waals surface area contributed by atoms with Crippen molar-refractivity contribution in [3.05, 3.63) is 64.4 Å². The summed E-state index contributed by atoms with van der Waals surface area (Å²) >= 11 is 0. The van der Waals surface area contributed by atoms with Gasteiger partial charge in [-0.25, -0.2) is 8.78 Å². The topological polar surface area (TPSA) is 83.4 Å². The number of aromatic amines is 1. The first-order valence-corrected chi connectivity index (χ1v) is 18.8. The van der Waals surface area contributed by atoms with E-state index in [4.69, 9.17) is 0 Å². The lowest BCUT2D eigenvalue weighted by Crippen LogP contribution is -2.48. The van der Waals surface area contributed by atoms with Crippen LogP contribution in [-0.2, 0) is 16.0 Å². The Morgan fingerprint density at radius 2 is 1.82 bits per heavy atom. The van der Waals surface area contributed by atoms with Gasteiger partial charge in [0, 0.05) is 56.3 Å². The van der Waals surface area contributed by atoms with E-state index in [1.54, 1.807) is 22.8 Å². The third kappa shape index (κ3) is 6.23. The predicted molar refractivity (Wildman–Crippen MR) is 171 cm³/mol. The molecule has 2 aliphatic rings. The molecule has 10 heteroatoms. The molecule has 0 radical (unpaired) electrons. The molecule has 230 valence electrons. The van der Waals surface area contributed by atoms with Crippen LogP contribution in [0.2, 0.25) is 19.6 Å². The summed E-state index contributed by atoms with van der Waals surface area (Å²) in [4.78, 5) is 34.8. The highest BCUT2D eigenvalue weighted by Crippen LogP contribution is 2.43. The van der Waals surface area contributed by atoms with E-state index < -0.39 is 25.8 Å². The van der Waals surface area contributed by atoms with Gasteiger partial charge in [-0.15, -0.1) is 5.54 Å². The van der Waals surface area contributed by atoms with Crippen LogP contribution in [0, 0.1) is 34.4 Å². The van der Waals surface area contributed by atoms with E-state index in [1.807, 2.05) is 12.1 Å². The molecule has 2 amide bonds. The minimum absolute atomic E-state index is 0.0304. The maximum Gasteiger partial charge on any atom is 0.298 e. The highest BCUT2D eigenvalue weighted by molar-refractivity contribution is 6.84. The van der Waals surface area contributed by atoms with Crippen molar-refractivity contribution >= 4 is 36.5 Å². The number of aromatic nitrogens is 1. The average Bonchev–Trinajstić information content (AvgIpc) is 3.35. The Morgan fingerprint density at radius 1 is 1.09 bits per heavy atom. The number of hydrogen-bond donors (Lipinski definition) is 1. The fourth-order valence-electron chi connectivity index (χ4n) is 6.38. The number of H-pyrrole nitrogens is 1. The molecule has 3 aromatic rings. The Balaban J connectivity index is 1.66. The van der Waals surface area contributed by atoms with E-state index in [0.29, 0.717) is 61.2 Å². The molecule has 3 heterocycles. The summed E-state index contributed by atoms with van der Waals surface area (Å²) in [7, 11) is -1.88. The summed E-state index contributed by atoms with van der Waals surface area (Å²) in [6.07, 6.45) is 2.95. The number of anilines is 1. The number of carbonyl (C=O) groups is 2. The van der Waals surface area contributed by atoms with E-state index in [2.05, 4.69) is 54.0 Å². The first-order valence-electron chi connectivity index (χ1n) is 15.3. The molecular formula is C34H39F2N5O2Si. The van der Waals surface area contributed by atoms with Crippen LogP contribution in [0.1, 0.15) is 61.5 Å². The zero-order valence-electron chi connectivity index (χ0n) is 26.1. The minimum atomic E-state index is -1.88. The number of carbonyl (C=O) groups excluding carboxylic acids is 2. The van der Waals surface area contributed by atoms with Gasteiger partial charge in [-0.1, -0.05) is 45.5 Å². The third-order valence-electron chi connectivity index (χ3n) is 8.54. The molecule has 5 rings (SSSR count). The Morgan fingerprint density at radius 3 is 2.45 bits per heavy atom. The molecule has 1 saturated heterocycles. The van der Waals surface area contributed by atoms with Crippen molar-refractivity contribution in [3.8, 4) is 17.5 Å². The lowest BCUT2D eigenvalue weighted by Gasteiger charge is -2.42. The van der Waals surface area contributed by atoms with E-state index in [1.165, 1.54) is 6.07 Å². The number of benzene rings is 2. The molecule has 0 aliphatic carbocycles. The van der Waals surface area contributed by atoms with Crippen molar-refractivity contribution in [1.29, 1.82) is 5.26 Å². The Hall–Kier alpha value is -4.15. The normalized spacial score (nSPS) is 18.5. The van der Waals surface area contributed by atoms with Gasteiger partial charge in [0.1, 0.15) is 25.8 Å². The summed E-state index contributed by atoms with van der Waals surface area (Å²) < 4.78 is 29.6. The van der Waals surface area contributed by atoms with Crippen molar-refractivity contribution in [3.63, 3.8) is 0 Å². The monoisotopic (exact) mass is 615 g/mol. The predicted octanol–water partition coefficient (Wildman–Crippen LogP) is 5.90. The van der Waals surface area contributed by atoms with Crippen molar-refractivity contribution < 1.29 is 18.4 Å². The first-order chi connectivity index (χ1) is 20.9. The van der Waals surface area contributed by atoms with Crippen molar-refractivity contribution in [2.75, 3.05) is 31.1 Å². The Bertz CT molecular complexity index is 1700. The number of nitriles is 1. The quantitative estimate of drug-likeness (QED) is 0.286. The van der Waals surface area contributed by atoms with Gasteiger partial charge in [0.15, 0.2) is 0 Å². The van der Waals surface area contributed by atoms with Gasteiger partial charge in [0.05, 0.1) is 22.8 Å². The minimum Gasteiger partial charge on any atom is -0.367 e. The molecule has 2 aliphatic heterocycles. The van der Waals surface area contributed by atoms with Crippen molar-refractivity contribution in [2.24, 2.45) is 0 Å². The molecular weight excluding hydrogens is 576 g/mol. The highest BCUT2D eigenvalue weighted by atomic mass is 28.3. The number of halogens is 2. The van der Waals surface area contributed by atoms with E-state index in [0.717, 1.165) is 30.2 Å². The first kappa shape index (κ1) is 31.3. The summed E-state index contributed by atoms with van der Waals surface area (Å²) in [5, 5.41) is 10.7. The van der Waals surface area contributed by atoms with Gasteiger partial charge >= 0.3 is 0 Å². The van der Waals surface area contributed by atoms with Crippen LogP contribution in [0.25, 0.3) is 10.9 Å². The largest absolute Gasteiger partial charge is 0.367 e. The third-order valence-corrected chi connectivity index (χ3v) is 9.42. The smallest absolute Gasteiger partial charge is 0.298 e. The number of nitrogens with zero attached hydrogens (tertiary/aromatic N) is 4. The second kappa shape index (κ2) is 12.5. The molecule has 2 atom stereocenters. The van der Waals surface area contributed by atoms with Crippen LogP contribution < -0.4 is 4.90 Å². The van der Waals surface area contributed by atoms with Gasteiger partial charge in [-0.05, 0) is 48.1 Å². The summed E-state index contributed by atoms with van der Waals surface area (Å²) in [5.74, 6) is 1.31. The summed E-state index contributed by atoms with van der Waals surface area (Å²) in [6.45, 7) is 12.2. The van der Waals surface area contributed by atoms with Gasteiger partial charge < -0.3 is 19.7 Å². The zero-order valence-corrected chi connectivity index (χ0v) is 27.1. The molecule has 0 spiro atoms. The van der Waals surface area contributed by atoms with Crippen molar-refractivity contribution in [1.82, 2.24) is 14.8 Å². The number of rotatable bonds is 5. The molecule has 0 saturated carbocycles. The van der Waals surface area contributed by atoms with Crippen LogP contribution in [0.4, 0.5) is 14.5 Å². The number of fused-ring (bicyclic) bond motifs is 3. The highest BCUT2D eigenvalue weighted by Gasteiger charge is 2.40. The Kier molecular flexibility index (Phi) is 8.85. The molecule has 7 nitrogen and oxygen atoms in total. The standard InChI is InChI=1S/C34H39F2N5O2Si/c1-6-7-8-26-20-28-27-18-25(35)19-29(36)32(27)38-33(28)34(41(26)31(43)11-16-44(3,4)5)23-9-10-30(24(17-23)21-37)40-14-12-39(13-15-40)22(2)42/h9-10,17-19,26,34,38H,6-8,12-15,20H2,1-5H3/t26-,34-/m0/s1. The lowest BCUT2D eigenvalue weighted by molar-refractivity contribution is -0.130. The molecule has 1 fully saturated rings. The number of amides is 2. The summed E-state index contributed by atoms with van der Waals surface area (Å²) in [5.41, 5.74) is 6.74. The zero-order chi connectivity index (χ0) is 31.8. The number of nitrogens with one attached hydrogen (secondary N) is 1. The SMILES string of the molecule is CCCC[C@H]1Cc2c([nH]c3c(F)cc(F)cc23)[C@H](c2ccc(N3CCN(C(C)=O)CC3)c(C#N)c2)N1C(=O)C#C[Si](C)(C)C. The van der Waals surface area contributed by atoms with Gasteiger partial charge in [0.2, 0.25) is 5.91 Å². The number of unbranched alkanes of at least 4 members (excludes halogenated alkanes) is 1. The van der Waals surface area contributed by atoms with Gasteiger partial charge in [-0.3, -0.25) is 9.59 Å². The molecule has 0 unspecified atom stereocenters. The molecule has 0 bridgehead atoms. The summed E-state index contributed by atoms with van der Waals surface area (Å²) in [6, 6.07) is 9.26. The maximum absolute atomic E-state index is 15.1. The fourth-order valence-corrected chi connectivity index (χ4v) is 6.86. The van der Waals surface area contributed by atoms with E-state index in [-0.39, 0.29) is 23.4 Å². The van der Waals surface area contributed by atoms with Gasteiger partial charge in [-0.2, -0.15) is 5.26 Å². The molecule has 1 N–H and O–H groups in total. The van der Waals surface area contributed by atoms with E-state index >= 15 is 4.39 Å². The second-order valence-electron chi connectivity index (χ2n) is 12.8. The van der Waals surface area contributed by atoms with Crippen LogP contribution in [0.5, 0.6) is 0 Å². The van der Waals surface area contributed by atoms with Gasteiger partial charge in [0.25, 0.3) is 5.91 Å². The molecule has 44 heavy (non-hydrogen) atoms. The van der Waals surface area contributed by atoms with Crippen LogP contribution >= 0.6 is 0 Å². The lowest BCUT2D eigenvalue weighted by atomic mass is 9.85. The van der Waals surface area contributed by atoms with Crippen LogP contribution in [0.3, 0.4) is 0 Å². The second-order valence-corrected chi connectivity index (χ2v) is 17.6. The number of hydrogen-bond acceptors (Lipinski definition) is 4. The molecule has 2 aromatic carbocycles. The average molecular weight is 616 g/mol. The maximum atomic E-state index is 15.1. The van der Waals surface area contributed by atoms with E-state index in [9.17, 15) is 19.2 Å². The Labute approximate surface area is 258 Å². The molecule has 1 aromatic heterocycles. The van der Waals surface area contributed by atoms with Crippen molar-refractivity contribution in [2.45, 2.75) is 71.3 Å². The van der Waals surface area contributed by atoms with Crippen LogP contribution in [-0.4, -0.2) is 66.9 Å². The number of piperazine rings is 1. The fraction of sp³-hybridized carbons (Fsp3) is 0.441. The van der Waals surface area contributed by atoms with Crippen LogP contribution in [0.15, 0.2) is 30.3 Å².